The fourth-order valence-corrected chi connectivity index (χ4v) is 0.894. The second-order valence-electron chi connectivity index (χ2n) is 2.42. The van der Waals surface area contributed by atoms with Crippen LogP contribution in [-0.4, -0.2) is 33.3 Å². The Bertz CT molecular complexity index is 331. The van der Waals surface area contributed by atoms with Crippen molar-refractivity contribution in [2.75, 3.05) is 6.54 Å². The van der Waals surface area contributed by atoms with Gasteiger partial charge in [-0.05, 0) is 6.07 Å². The second-order valence-corrected chi connectivity index (χ2v) is 2.42. The Morgan fingerprint density at radius 2 is 2.38 bits per heavy atom. The zero-order valence-electron chi connectivity index (χ0n) is 7.02. The lowest BCUT2D eigenvalue weighted by molar-refractivity contribution is 0.0978. The van der Waals surface area contributed by atoms with Crippen LogP contribution >= 0.6 is 0 Å². The van der Waals surface area contributed by atoms with Crippen LogP contribution in [0, 0.1) is 0 Å². The Morgan fingerprint density at radius 1 is 1.69 bits per heavy atom. The normalized spacial score (nSPS) is 9.62. The van der Waals surface area contributed by atoms with E-state index in [1.54, 1.807) is 7.05 Å². The molecule has 0 fully saturated rings. The summed E-state index contributed by atoms with van der Waals surface area (Å²) in [4.78, 5) is 21.3. The van der Waals surface area contributed by atoms with E-state index in [9.17, 15) is 9.59 Å². The molecule has 1 rings (SSSR count). The minimum absolute atomic E-state index is 0.227. The molecule has 6 heteroatoms. The molecule has 0 bridgehead atoms. The van der Waals surface area contributed by atoms with E-state index < -0.39 is 6.09 Å². The molecule has 0 aliphatic rings. The predicted molar refractivity (Wildman–Crippen MR) is 43.6 cm³/mol. The largest absolute Gasteiger partial charge is 0.465 e. The molecule has 1 aromatic rings. The summed E-state index contributed by atoms with van der Waals surface area (Å²) in [6.45, 7) is -0.227. The minimum atomic E-state index is -1.21. The lowest BCUT2D eigenvalue weighted by Crippen LogP contribution is -2.28. The molecule has 0 aliphatic heterocycles. The highest BCUT2D eigenvalue weighted by molar-refractivity contribution is 5.97. The SMILES string of the molecule is Cn1nccc1C(=O)CNC(=O)O. The quantitative estimate of drug-likeness (QED) is 0.639. The molecule has 0 saturated heterocycles. The second kappa shape index (κ2) is 3.70. The summed E-state index contributed by atoms with van der Waals surface area (Å²) in [6.07, 6.45) is 0.268. The van der Waals surface area contributed by atoms with Crippen molar-refractivity contribution in [3.05, 3.63) is 18.0 Å². The number of aryl methyl sites for hydroxylation is 1. The number of nitrogens with zero attached hydrogens (tertiary/aromatic N) is 2. The van der Waals surface area contributed by atoms with Crippen molar-refractivity contribution in [1.82, 2.24) is 15.1 Å². The Balaban J connectivity index is 2.59. The van der Waals surface area contributed by atoms with Crippen LogP contribution in [0.25, 0.3) is 0 Å². The molecule has 0 atom stereocenters. The molecule has 0 radical (unpaired) electrons. The summed E-state index contributed by atoms with van der Waals surface area (Å²) in [6, 6.07) is 1.53. The molecule has 0 spiro atoms. The van der Waals surface area contributed by atoms with Crippen molar-refractivity contribution in [1.29, 1.82) is 0 Å². The van der Waals surface area contributed by atoms with Crippen LogP contribution in [0.15, 0.2) is 12.3 Å². The van der Waals surface area contributed by atoms with E-state index in [0.29, 0.717) is 5.69 Å². The van der Waals surface area contributed by atoms with E-state index in [4.69, 9.17) is 5.11 Å². The van der Waals surface area contributed by atoms with Gasteiger partial charge in [0.15, 0.2) is 5.78 Å². The number of aromatic nitrogens is 2. The van der Waals surface area contributed by atoms with Crippen LogP contribution in [0.5, 0.6) is 0 Å². The summed E-state index contributed by atoms with van der Waals surface area (Å²) < 4.78 is 1.39. The lowest BCUT2D eigenvalue weighted by Gasteiger charge is -2.00. The highest BCUT2D eigenvalue weighted by atomic mass is 16.4. The molecule has 1 amide bonds. The summed E-state index contributed by atoms with van der Waals surface area (Å²) in [5, 5.41) is 14.0. The molecule has 1 aromatic heterocycles. The van der Waals surface area contributed by atoms with Gasteiger partial charge in [0.25, 0.3) is 0 Å². The van der Waals surface area contributed by atoms with E-state index in [1.807, 2.05) is 5.32 Å². The maximum atomic E-state index is 11.2. The smallest absolute Gasteiger partial charge is 0.405 e. The molecule has 1 heterocycles. The summed E-state index contributed by atoms with van der Waals surface area (Å²) in [5.74, 6) is -0.303. The average Bonchev–Trinajstić information content (AvgIpc) is 2.47. The van der Waals surface area contributed by atoms with Crippen LogP contribution in [0.2, 0.25) is 0 Å². The standard InChI is InChI=1S/C7H9N3O3/c1-10-5(2-3-9-10)6(11)4-8-7(12)13/h2-3,8H,4H2,1H3,(H,12,13). The van der Waals surface area contributed by atoms with E-state index in [1.165, 1.54) is 16.9 Å². The summed E-state index contributed by atoms with van der Waals surface area (Å²) >= 11 is 0. The number of hydrogen-bond acceptors (Lipinski definition) is 3. The Labute approximate surface area is 74.2 Å². The number of hydrogen-bond donors (Lipinski definition) is 2. The van der Waals surface area contributed by atoms with Crippen LogP contribution in [0.4, 0.5) is 4.79 Å². The van der Waals surface area contributed by atoms with Gasteiger partial charge in [0.05, 0.1) is 6.54 Å². The fraction of sp³-hybridized carbons (Fsp3) is 0.286. The molecule has 70 valence electrons. The zero-order chi connectivity index (χ0) is 9.84. The fourth-order valence-electron chi connectivity index (χ4n) is 0.894. The molecule has 0 unspecified atom stereocenters. The van der Waals surface area contributed by atoms with E-state index >= 15 is 0 Å². The first-order valence-electron chi connectivity index (χ1n) is 3.59. The molecule has 6 nitrogen and oxygen atoms in total. The van der Waals surface area contributed by atoms with Gasteiger partial charge in [0.2, 0.25) is 0 Å². The van der Waals surface area contributed by atoms with Crippen LogP contribution in [0.1, 0.15) is 10.5 Å². The molecule has 2 N–H and O–H groups in total. The highest BCUT2D eigenvalue weighted by Gasteiger charge is 2.10. The number of carbonyl (C=O) groups is 2. The molecule has 0 aromatic carbocycles. The third kappa shape index (κ3) is 2.29. The Hall–Kier alpha value is -1.85. The molecule has 0 aliphatic carbocycles. The third-order valence-electron chi connectivity index (χ3n) is 1.51. The van der Waals surface area contributed by atoms with Gasteiger partial charge in [-0.3, -0.25) is 9.48 Å². The van der Waals surface area contributed by atoms with Gasteiger partial charge in [-0.15, -0.1) is 0 Å². The van der Waals surface area contributed by atoms with Crippen molar-refractivity contribution in [2.24, 2.45) is 7.05 Å². The van der Waals surface area contributed by atoms with E-state index in [0.717, 1.165) is 0 Å². The monoisotopic (exact) mass is 183 g/mol. The first-order chi connectivity index (χ1) is 6.11. The van der Waals surface area contributed by atoms with Crippen LogP contribution in [0.3, 0.4) is 0 Å². The van der Waals surface area contributed by atoms with Crippen molar-refractivity contribution in [3.8, 4) is 0 Å². The maximum Gasteiger partial charge on any atom is 0.405 e. The van der Waals surface area contributed by atoms with E-state index in [2.05, 4.69) is 5.10 Å². The van der Waals surface area contributed by atoms with Crippen molar-refractivity contribution >= 4 is 11.9 Å². The number of ketones is 1. The maximum absolute atomic E-state index is 11.2. The van der Waals surface area contributed by atoms with Crippen LogP contribution in [-0.2, 0) is 7.05 Å². The van der Waals surface area contributed by atoms with Crippen molar-refractivity contribution < 1.29 is 14.7 Å². The number of carboxylic acid groups (broad SMARTS) is 1. The lowest BCUT2D eigenvalue weighted by atomic mass is 10.3. The van der Waals surface area contributed by atoms with Gasteiger partial charge >= 0.3 is 6.09 Å². The van der Waals surface area contributed by atoms with Gasteiger partial charge in [-0.2, -0.15) is 5.10 Å². The zero-order valence-corrected chi connectivity index (χ0v) is 7.02. The molecule has 0 saturated carbocycles. The topological polar surface area (TPSA) is 84.2 Å². The number of nitrogens with one attached hydrogen (secondary N) is 1. The van der Waals surface area contributed by atoms with Gasteiger partial charge in [0, 0.05) is 13.2 Å². The first kappa shape index (κ1) is 9.24. The van der Waals surface area contributed by atoms with Gasteiger partial charge in [0.1, 0.15) is 5.69 Å². The summed E-state index contributed by atoms with van der Waals surface area (Å²) in [7, 11) is 1.62. The van der Waals surface area contributed by atoms with Crippen molar-refractivity contribution in [2.45, 2.75) is 0 Å². The minimum Gasteiger partial charge on any atom is -0.465 e. The Morgan fingerprint density at radius 3 is 2.85 bits per heavy atom. The van der Waals surface area contributed by atoms with Gasteiger partial charge in [-0.25, -0.2) is 4.79 Å². The van der Waals surface area contributed by atoms with E-state index in [-0.39, 0.29) is 12.3 Å². The highest BCUT2D eigenvalue weighted by Crippen LogP contribution is 1.96. The van der Waals surface area contributed by atoms with Crippen LogP contribution < -0.4 is 5.32 Å². The van der Waals surface area contributed by atoms with Crippen molar-refractivity contribution in [3.63, 3.8) is 0 Å². The summed E-state index contributed by atoms with van der Waals surface area (Å²) in [5.41, 5.74) is 0.383. The first-order valence-corrected chi connectivity index (χ1v) is 3.59. The van der Waals surface area contributed by atoms with Gasteiger partial charge in [-0.1, -0.05) is 0 Å². The average molecular weight is 183 g/mol. The third-order valence-corrected chi connectivity index (χ3v) is 1.51. The predicted octanol–water partition coefficient (Wildman–Crippen LogP) is -0.130. The molecule has 13 heavy (non-hydrogen) atoms. The number of rotatable bonds is 3. The molecular weight excluding hydrogens is 174 g/mol. The molecular formula is C7H9N3O3. The Kier molecular flexibility index (Phi) is 2.63. The number of Topliss-reactive ketones (excluding diaryl/α,β-unsaturated/α-hetero) is 1. The number of amides is 1. The van der Waals surface area contributed by atoms with Gasteiger partial charge < -0.3 is 10.4 Å². The number of carbonyl (C=O) groups excluding carboxylic acids is 1.